The fourth-order valence-electron chi connectivity index (χ4n) is 1.52. The predicted octanol–water partition coefficient (Wildman–Crippen LogP) is 2.56. The van der Waals surface area contributed by atoms with Gasteiger partial charge in [0.1, 0.15) is 0 Å². The molecule has 0 fully saturated rings. The van der Waals surface area contributed by atoms with E-state index < -0.39 is 0 Å². The highest BCUT2D eigenvalue weighted by Crippen LogP contribution is 2.15. The largest absolute Gasteiger partial charge is 0.490 e. The number of hydrogen-bond acceptors (Lipinski definition) is 4. The number of ether oxygens (including phenoxy) is 2. The van der Waals surface area contributed by atoms with Crippen LogP contribution in [0.5, 0.6) is 5.75 Å². The standard InChI is InChI=1S/C14H16N2O2/c1-17-8-5-9-18-13-10-15-14(16-11-13)12-6-3-2-4-7-12/h2-4,6-7,10-11H,5,8-9H2,1H3. The van der Waals surface area contributed by atoms with E-state index in [-0.39, 0.29) is 0 Å². The molecule has 0 bridgehead atoms. The Morgan fingerprint density at radius 3 is 2.39 bits per heavy atom. The van der Waals surface area contributed by atoms with Crippen LogP contribution in [0, 0.1) is 0 Å². The summed E-state index contributed by atoms with van der Waals surface area (Å²) in [6.45, 7) is 1.31. The number of nitrogens with zero attached hydrogens (tertiary/aromatic N) is 2. The minimum atomic E-state index is 0.613. The second kappa shape index (κ2) is 6.71. The first-order valence-corrected chi connectivity index (χ1v) is 5.89. The molecule has 1 aromatic carbocycles. The number of hydrogen-bond donors (Lipinski definition) is 0. The highest BCUT2D eigenvalue weighted by atomic mass is 16.5. The SMILES string of the molecule is COCCCOc1cnc(-c2ccccc2)nc1. The highest BCUT2D eigenvalue weighted by Gasteiger charge is 2.00. The van der Waals surface area contributed by atoms with Gasteiger partial charge in [0.2, 0.25) is 0 Å². The number of methoxy groups -OCH3 is 1. The van der Waals surface area contributed by atoms with Gasteiger partial charge in [-0.3, -0.25) is 0 Å². The van der Waals surface area contributed by atoms with Gasteiger partial charge in [-0.05, 0) is 0 Å². The van der Waals surface area contributed by atoms with E-state index in [1.165, 1.54) is 0 Å². The van der Waals surface area contributed by atoms with E-state index in [4.69, 9.17) is 9.47 Å². The number of rotatable bonds is 6. The Hall–Kier alpha value is -1.94. The molecule has 94 valence electrons. The second-order valence-electron chi connectivity index (χ2n) is 3.80. The first-order chi connectivity index (χ1) is 8.90. The fourth-order valence-corrected chi connectivity index (χ4v) is 1.52. The van der Waals surface area contributed by atoms with Crippen molar-refractivity contribution in [3.8, 4) is 17.1 Å². The molecule has 0 aliphatic carbocycles. The summed E-state index contributed by atoms with van der Waals surface area (Å²) in [4.78, 5) is 8.56. The van der Waals surface area contributed by atoms with Crippen LogP contribution in [0.3, 0.4) is 0 Å². The van der Waals surface area contributed by atoms with Crippen molar-refractivity contribution < 1.29 is 9.47 Å². The Balaban J connectivity index is 1.94. The molecule has 0 aliphatic rings. The summed E-state index contributed by atoms with van der Waals surface area (Å²) in [6.07, 6.45) is 4.25. The van der Waals surface area contributed by atoms with Crippen molar-refractivity contribution in [3.05, 3.63) is 42.7 Å². The molecule has 4 heteroatoms. The molecule has 0 N–H and O–H groups in total. The van der Waals surface area contributed by atoms with Gasteiger partial charge in [0.05, 0.1) is 19.0 Å². The van der Waals surface area contributed by atoms with E-state index in [9.17, 15) is 0 Å². The molecule has 0 radical (unpaired) electrons. The van der Waals surface area contributed by atoms with Gasteiger partial charge in [0.25, 0.3) is 0 Å². The number of aromatic nitrogens is 2. The van der Waals surface area contributed by atoms with E-state index in [1.54, 1.807) is 19.5 Å². The Morgan fingerprint density at radius 2 is 1.72 bits per heavy atom. The van der Waals surface area contributed by atoms with Gasteiger partial charge in [-0.1, -0.05) is 30.3 Å². The molecule has 0 unspecified atom stereocenters. The van der Waals surface area contributed by atoms with Crippen LogP contribution >= 0.6 is 0 Å². The third kappa shape index (κ3) is 3.53. The van der Waals surface area contributed by atoms with Crippen molar-refractivity contribution >= 4 is 0 Å². The Kier molecular flexibility index (Phi) is 4.67. The zero-order valence-electron chi connectivity index (χ0n) is 10.4. The summed E-state index contributed by atoms with van der Waals surface area (Å²) in [7, 11) is 1.68. The summed E-state index contributed by atoms with van der Waals surface area (Å²) in [5.41, 5.74) is 1.00. The zero-order valence-corrected chi connectivity index (χ0v) is 10.4. The first kappa shape index (κ1) is 12.5. The lowest BCUT2D eigenvalue weighted by Crippen LogP contribution is -2.02. The molecular formula is C14H16N2O2. The summed E-state index contributed by atoms with van der Waals surface area (Å²) in [6, 6.07) is 9.86. The molecule has 18 heavy (non-hydrogen) atoms. The van der Waals surface area contributed by atoms with Gasteiger partial charge in [-0.25, -0.2) is 9.97 Å². The average molecular weight is 244 g/mol. The fraction of sp³-hybridized carbons (Fsp3) is 0.286. The van der Waals surface area contributed by atoms with Gasteiger partial charge < -0.3 is 9.47 Å². The van der Waals surface area contributed by atoms with Crippen LogP contribution in [0.15, 0.2) is 42.7 Å². The van der Waals surface area contributed by atoms with Gasteiger partial charge in [-0.2, -0.15) is 0 Å². The maximum Gasteiger partial charge on any atom is 0.159 e. The molecule has 0 saturated carbocycles. The van der Waals surface area contributed by atoms with E-state index >= 15 is 0 Å². The molecule has 1 heterocycles. The molecule has 0 aliphatic heterocycles. The van der Waals surface area contributed by atoms with Crippen LogP contribution in [0.4, 0.5) is 0 Å². The monoisotopic (exact) mass is 244 g/mol. The van der Waals surface area contributed by atoms with E-state index in [1.807, 2.05) is 30.3 Å². The Morgan fingerprint density at radius 1 is 1.00 bits per heavy atom. The molecular weight excluding hydrogens is 228 g/mol. The lowest BCUT2D eigenvalue weighted by Gasteiger charge is -2.05. The first-order valence-electron chi connectivity index (χ1n) is 5.89. The highest BCUT2D eigenvalue weighted by molar-refractivity contribution is 5.54. The van der Waals surface area contributed by atoms with Crippen molar-refractivity contribution in [1.82, 2.24) is 9.97 Å². The van der Waals surface area contributed by atoms with Crippen molar-refractivity contribution in [2.24, 2.45) is 0 Å². The number of benzene rings is 1. The Bertz CT molecular complexity index is 457. The summed E-state index contributed by atoms with van der Waals surface area (Å²) in [5, 5.41) is 0. The third-order valence-corrected chi connectivity index (χ3v) is 2.42. The third-order valence-electron chi connectivity index (χ3n) is 2.42. The van der Waals surface area contributed by atoms with E-state index in [0.717, 1.165) is 12.0 Å². The van der Waals surface area contributed by atoms with E-state index in [2.05, 4.69) is 9.97 Å². The van der Waals surface area contributed by atoms with Gasteiger partial charge in [0.15, 0.2) is 11.6 Å². The lowest BCUT2D eigenvalue weighted by atomic mass is 10.2. The van der Waals surface area contributed by atoms with Crippen molar-refractivity contribution in [3.63, 3.8) is 0 Å². The zero-order chi connectivity index (χ0) is 12.6. The Labute approximate surface area is 107 Å². The van der Waals surface area contributed by atoms with Crippen LogP contribution in [0.2, 0.25) is 0 Å². The van der Waals surface area contributed by atoms with Crippen LogP contribution in [0.1, 0.15) is 6.42 Å². The molecule has 4 nitrogen and oxygen atoms in total. The molecule has 2 aromatic rings. The molecule has 1 aromatic heterocycles. The normalized spacial score (nSPS) is 10.3. The lowest BCUT2D eigenvalue weighted by molar-refractivity contribution is 0.172. The molecule has 0 spiro atoms. The topological polar surface area (TPSA) is 44.2 Å². The van der Waals surface area contributed by atoms with Gasteiger partial charge >= 0.3 is 0 Å². The summed E-state index contributed by atoms with van der Waals surface area (Å²) < 4.78 is 10.4. The minimum Gasteiger partial charge on any atom is -0.490 e. The molecule has 0 amide bonds. The van der Waals surface area contributed by atoms with E-state index in [0.29, 0.717) is 24.8 Å². The minimum absolute atomic E-state index is 0.613. The van der Waals surface area contributed by atoms with Crippen molar-refractivity contribution in [2.45, 2.75) is 6.42 Å². The quantitative estimate of drug-likeness (QED) is 0.732. The van der Waals surface area contributed by atoms with Crippen LogP contribution in [-0.4, -0.2) is 30.3 Å². The molecule has 0 atom stereocenters. The van der Waals surface area contributed by atoms with Crippen molar-refractivity contribution in [2.75, 3.05) is 20.3 Å². The molecule has 2 rings (SSSR count). The van der Waals surface area contributed by atoms with Crippen LogP contribution in [-0.2, 0) is 4.74 Å². The summed E-state index contributed by atoms with van der Waals surface area (Å²) in [5.74, 6) is 1.39. The maximum atomic E-state index is 5.49. The maximum absolute atomic E-state index is 5.49. The van der Waals surface area contributed by atoms with Crippen LogP contribution < -0.4 is 4.74 Å². The smallest absolute Gasteiger partial charge is 0.159 e. The second-order valence-corrected chi connectivity index (χ2v) is 3.80. The molecule has 0 saturated heterocycles. The van der Waals surface area contributed by atoms with Crippen molar-refractivity contribution in [1.29, 1.82) is 0 Å². The van der Waals surface area contributed by atoms with Gasteiger partial charge in [-0.15, -0.1) is 0 Å². The van der Waals surface area contributed by atoms with Gasteiger partial charge in [0, 0.05) is 25.7 Å². The summed E-state index contributed by atoms with van der Waals surface area (Å²) >= 11 is 0. The predicted molar refractivity (Wildman–Crippen MR) is 69.5 cm³/mol. The average Bonchev–Trinajstić information content (AvgIpc) is 2.45. The van der Waals surface area contributed by atoms with Crippen LogP contribution in [0.25, 0.3) is 11.4 Å².